The molecule has 0 spiro atoms. The largest absolute Gasteiger partial charge is 0.491 e. The minimum absolute atomic E-state index is 0.193. The van der Waals surface area contributed by atoms with Gasteiger partial charge in [0.15, 0.2) is 5.96 Å². The average Bonchev–Trinajstić information content (AvgIpc) is 2.48. The van der Waals surface area contributed by atoms with Crippen LogP contribution in [0, 0.1) is 6.92 Å². The summed E-state index contributed by atoms with van der Waals surface area (Å²) in [6.07, 6.45) is 1.04. The number of nitrogens with zero attached hydrogens (tertiary/aromatic N) is 1. The van der Waals surface area contributed by atoms with Gasteiger partial charge in [-0.25, -0.2) is 0 Å². The van der Waals surface area contributed by atoms with E-state index < -0.39 is 0 Å². The standard InChI is InChI=1S/C19H25N3O/c1-14(2)23-18-9-7-16(8-10-18)11-12-21-19(20)22-17-6-4-5-15(3)13-17/h4-10,13-14H,11-12H2,1-3H3,(H3,20,21,22). The number of nitrogens with one attached hydrogen (secondary N) is 1. The van der Waals surface area contributed by atoms with Crippen molar-refractivity contribution in [2.75, 3.05) is 11.9 Å². The van der Waals surface area contributed by atoms with Crippen molar-refractivity contribution in [2.24, 2.45) is 10.7 Å². The summed E-state index contributed by atoms with van der Waals surface area (Å²) in [6.45, 7) is 6.74. The van der Waals surface area contributed by atoms with Crippen LogP contribution in [0.25, 0.3) is 0 Å². The van der Waals surface area contributed by atoms with Gasteiger partial charge in [-0.05, 0) is 62.6 Å². The fourth-order valence-electron chi connectivity index (χ4n) is 2.22. The normalized spacial score (nSPS) is 11.6. The number of hydrogen-bond acceptors (Lipinski definition) is 2. The van der Waals surface area contributed by atoms with E-state index in [4.69, 9.17) is 10.5 Å². The molecule has 3 N–H and O–H groups in total. The van der Waals surface area contributed by atoms with Gasteiger partial charge in [0.2, 0.25) is 0 Å². The van der Waals surface area contributed by atoms with Crippen molar-refractivity contribution >= 4 is 11.6 Å². The molecular weight excluding hydrogens is 286 g/mol. The van der Waals surface area contributed by atoms with Gasteiger partial charge in [0.05, 0.1) is 6.10 Å². The van der Waals surface area contributed by atoms with Gasteiger partial charge in [-0.1, -0.05) is 24.3 Å². The Kier molecular flexibility index (Phi) is 6.03. The molecule has 0 saturated heterocycles. The Morgan fingerprint density at radius 3 is 2.57 bits per heavy atom. The molecule has 0 aliphatic rings. The molecule has 0 bridgehead atoms. The molecule has 0 radical (unpaired) electrons. The maximum Gasteiger partial charge on any atom is 0.193 e. The molecule has 0 unspecified atom stereocenters. The first-order chi connectivity index (χ1) is 11.0. The summed E-state index contributed by atoms with van der Waals surface area (Å²) in [5.74, 6) is 1.34. The van der Waals surface area contributed by atoms with Crippen LogP contribution in [0.4, 0.5) is 5.69 Å². The number of ether oxygens (including phenoxy) is 1. The van der Waals surface area contributed by atoms with Gasteiger partial charge in [-0.3, -0.25) is 4.99 Å². The van der Waals surface area contributed by atoms with E-state index in [0.717, 1.165) is 17.9 Å². The molecule has 0 aliphatic carbocycles. The lowest BCUT2D eigenvalue weighted by atomic mass is 10.1. The summed E-state index contributed by atoms with van der Waals surface area (Å²) in [7, 11) is 0. The molecule has 0 fully saturated rings. The van der Waals surface area contributed by atoms with Crippen LogP contribution in [-0.2, 0) is 6.42 Å². The molecule has 122 valence electrons. The molecule has 0 heterocycles. The third-order valence-corrected chi connectivity index (χ3v) is 3.27. The summed E-state index contributed by atoms with van der Waals surface area (Å²) in [6, 6.07) is 16.2. The number of anilines is 1. The molecule has 0 saturated carbocycles. The van der Waals surface area contributed by atoms with E-state index in [1.807, 2.05) is 57.2 Å². The number of benzene rings is 2. The molecule has 4 heteroatoms. The lowest BCUT2D eigenvalue weighted by Gasteiger charge is -2.10. The highest BCUT2D eigenvalue weighted by atomic mass is 16.5. The Bertz CT molecular complexity index is 648. The van der Waals surface area contributed by atoms with Gasteiger partial charge in [0.1, 0.15) is 5.75 Å². The van der Waals surface area contributed by atoms with Crippen LogP contribution in [0.5, 0.6) is 5.75 Å². The minimum atomic E-state index is 0.193. The van der Waals surface area contributed by atoms with E-state index >= 15 is 0 Å². The first-order valence-corrected chi connectivity index (χ1v) is 7.92. The van der Waals surface area contributed by atoms with E-state index in [0.29, 0.717) is 12.5 Å². The Labute approximate surface area is 138 Å². The second-order valence-electron chi connectivity index (χ2n) is 5.82. The second kappa shape index (κ2) is 8.22. The number of guanidine groups is 1. The van der Waals surface area contributed by atoms with Crippen molar-refractivity contribution in [3.8, 4) is 5.75 Å². The number of hydrogen-bond donors (Lipinski definition) is 2. The summed E-state index contributed by atoms with van der Waals surface area (Å²) < 4.78 is 5.63. The van der Waals surface area contributed by atoms with Crippen LogP contribution in [0.3, 0.4) is 0 Å². The number of nitrogens with two attached hydrogens (primary N) is 1. The van der Waals surface area contributed by atoms with E-state index in [9.17, 15) is 0 Å². The van der Waals surface area contributed by atoms with Gasteiger partial charge < -0.3 is 15.8 Å². The maximum absolute atomic E-state index is 5.92. The Balaban J connectivity index is 1.83. The highest BCUT2D eigenvalue weighted by Crippen LogP contribution is 2.14. The van der Waals surface area contributed by atoms with E-state index in [-0.39, 0.29) is 6.10 Å². The number of aryl methyl sites for hydroxylation is 1. The number of rotatable bonds is 6. The van der Waals surface area contributed by atoms with E-state index in [2.05, 4.69) is 22.4 Å². The molecule has 4 nitrogen and oxygen atoms in total. The summed E-state index contributed by atoms with van der Waals surface area (Å²) >= 11 is 0. The molecule has 0 atom stereocenters. The Morgan fingerprint density at radius 1 is 1.17 bits per heavy atom. The van der Waals surface area contributed by atoms with Gasteiger partial charge in [0.25, 0.3) is 0 Å². The summed E-state index contributed by atoms with van der Waals surface area (Å²) in [5.41, 5.74) is 9.28. The fraction of sp³-hybridized carbons (Fsp3) is 0.316. The van der Waals surface area contributed by atoms with Crippen LogP contribution in [0.15, 0.2) is 53.5 Å². The molecule has 23 heavy (non-hydrogen) atoms. The lowest BCUT2D eigenvalue weighted by molar-refractivity contribution is 0.242. The van der Waals surface area contributed by atoms with Crippen LogP contribution in [0.1, 0.15) is 25.0 Å². The van der Waals surface area contributed by atoms with Gasteiger partial charge >= 0.3 is 0 Å². The highest BCUT2D eigenvalue weighted by molar-refractivity contribution is 5.92. The molecule has 2 rings (SSSR count). The predicted octanol–water partition coefficient (Wildman–Crippen LogP) is 3.75. The van der Waals surface area contributed by atoms with E-state index in [1.54, 1.807) is 0 Å². The van der Waals surface area contributed by atoms with Crippen molar-refractivity contribution in [1.82, 2.24) is 0 Å². The zero-order chi connectivity index (χ0) is 16.7. The third kappa shape index (κ3) is 6.02. The average molecular weight is 311 g/mol. The third-order valence-electron chi connectivity index (χ3n) is 3.27. The van der Waals surface area contributed by atoms with Crippen molar-refractivity contribution < 1.29 is 4.74 Å². The monoisotopic (exact) mass is 311 g/mol. The van der Waals surface area contributed by atoms with E-state index in [1.165, 1.54) is 11.1 Å². The molecule has 2 aromatic carbocycles. The van der Waals surface area contributed by atoms with Crippen molar-refractivity contribution in [3.63, 3.8) is 0 Å². The fourth-order valence-corrected chi connectivity index (χ4v) is 2.22. The molecular formula is C19H25N3O. The van der Waals surface area contributed by atoms with Gasteiger partial charge in [-0.15, -0.1) is 0 Å². The van der Waals surface area contributed by atoms with Gasteiger partial charge in [0, 0.05) is 12.2 Å². The van der Waals surface area contributed by atoms with Crippen molar-refractivity contribution in [1.29, 1.82) is 0 Å². The molecule has 0 aromatic heterocycles. The zero-order valence-electron chi connectivity index (χ0n) is 14.0. The quantitative estimate of drug-likeness (QED) is 0.631. The lowest BCUT2D eigenvalue weighted by Crippen LogP contribution is -2.23. The predicted molar refractivity (Wildman–Crippen MR) is 97.2 cm³/mol. The summed E-state index contributed by atoms with van der Waals surface area (Å²) in [4.78, 5) is 4.37. The highest BCUT2D eigenvalue weighted by Gasteiger charge is 1.99. The zero-order valence-corrected chi connectivity index (χ0v) is 14.0. The Hall–Kier alpha value is -2.49. The topological polar surface area (TPSA) is 59.6 Å². The first-order valence-electron chi connectivity index (χ1n) is 7.92. The second-order valence-corrected chi connectivity index (χ2v) is 5.82. The molecule has 0 amide bonds. The van der Waals surface area contributed by atoms with Crippen LogP contribution in [-0.4, -0.2) is 18.6 Å². The smallest absolute Gasteiger partial charge is 0.193 e. The number of aliphatic imine (C=N–C) groups is 1. The summed E-state index contributed by atoms with van der Waals surface area (Å²) in [5, 5.41) is 3.11. The minimum Gasteiger partial charge on any atom is -0.491 e. The van der Waals surface area contributed by atoms with Crippen molar-refractivity contribution in [2.45, 2.75) is 33.3 Å². The SMILES string of the molecule is Cc1cccc(NC(N)=NCCc2ccc(OC(C)C)cc2)c1. The maximum atomic E-state index is 5.92. The van der Waals surface area contributed by atoms with Gasteiger partial charge in [-0.2, -0.15) is 0 Å². The van der Waals surface area contributed by atoms with Crippen molar-refractivity contribution in [3.05, 3.63) is 59.7 Å². The molecule has 2 aromatic rings. The first kappa shape index (κ1) is 16.9. The van der Waals surface area contributed by atoms with Crippen LogP contribution in [0.2, 0.25) is 0 Å². The van der Waals surface area contributed by atoms with Crippen LogP contribution < -0.4 is 15.8 Å². The molecule has 0 aliphatic heterocycles. The Morgan fingerprint density at radius 2 is 1.91 bits per heavy atom. The van der Waals surface area contributed by atoms with Crippen LogP contribution >= 0.6 is 0 Å².